The van der Waals surface area contributed by atoms with E-state index in [4.69, 9.17) is 0 Å². The second-order valence-corrected chi connectivity index (χ2v) is 7.96. The van der Waals surface area contributed by atoms with Crippen LogP contribution in [-0.2, 0) is 9.59 Å². The van der Waals surface area contributed by atoms with E-state index in [2.05, 4.69) is 0 Å². The molecule has 0 radical (unpaired) electrons. The van der Waals surface area contributed by atoms with Gasteiger partial charge in [-0.2, -0.15) is 0 Å². The Hall–Kier alpha value is -1.79. The Morgan fingerprint density at radius 2 is 1.48 bits per heavy atom. The normalized spacial score (nSPS) is 25.8. The monoisotopic (exact) mass is 378 g/mol. The third-order valence-electron chi connectivity index (χ3n) is 6.31. The lowest BCUT2D eigenvalue weighted by atomic mass is 9.96. The van der Waals surface area contributed by atoms with Crippen molar-refractivity contribution in [1.82, 2.24) is 19.6 Å². The average molecular weight is 379 g/mol. The van der Waals surface area contributed by atoms with Gasteiger partial charge in [-0.3, -0.25) is 9.59 Å². The molecule has 2 unspecified atom stereocenters. The number of carbonyl (C=O) groups is 3. The summed E-state index contributed by atoms with van der Waals surface area (Å²) in [6.07, 6.45) is 5.45. The molecule has 0 saturated carbocycles. The van der Waals surface area contributed by atoms with Gasteiger partial charge in [0.05, 0.1) is 5.92 Å². The van der Waals surface area contributed by atoms with Gasteiger partial charge in [-0.15, -0.1) is 0 Å². The molecule has 0 aromatic heterocycles. The highest BCUT2D eigenvalue weighted by Crippen LogP contribution is 2.26. The first-order chi connectivity index (χ1) is 13.1. The molecule has 0 aromatic carbocycles. The lowest BCUT2D eigenvalue weighted by Gasteiger charge is -2.37. The summed E-state index contributed by atoms with van der Waals surface area (Å²) >= 11 is 0. The fourth-order valence-corrected chi connectivity index (χ4v) is 4.73. The van der Waals surface area contributed by atoms with Gasteiger partial charge in [0.25, 0.3) is 0 Å². The third kappa shape index (κ3) is 4.22. The Labute approximate surface area is 162 Å². The molecule has 0 spiro atoms. The highest BCUT2D eigenvalue weighted by molar-refractivity contribution is 5.89. The maximum absolute atomic E-state index is 13.2. The fourth-order valence-electron chi connectivity index (χ4n) is 4.73. The molecule has 3 aliphatic rings. The van der Waals surface area contributed by atoms with Crippen molar-refractivity contribution >= 4 is 17.8 Å². The van der Waals surface area contributed by atoms with Crippen LogP contribution in [0, 0.1) is 5.92 Å². The zero-order valence-electron chi connectivity index (χ0n) is 16.9. The zero-order valence-corrected chi connectivity index (χ0v) is 16.9. The van der Waals surface area contributed by atoms with E-state index in [1.54, 1.807) is 4.90 Å². The van der Waals surface area contributed by atoms with Gasteiger partial charge in [0.1, 0.15) is 6.04 Å². The minimum absolute atomic E-state index is 0.0666. The second-order valence-electron chi connectivity index (χ2n) is 7.96. The van der Waals surface area contributed by atoms with E-state index in [-0.39, 0.29) is 29.8 Å². The largest absolute Gasteiger partial charge is 0.341 e. The molecule has 3 rings (SSSR count). The number of carbonyl (C=O) groups excluding carboxylic acids is 3. The summed E-state index contributed by atoms with van der Waals surface area (Å²) in [5.74, 6) is -0.0287. The molecule has 4 amide bonds. The van der Waals surface area contributed by atoms with E-state index in [0.717, 1.165) is 58.2 Å². The minimum atomic E-state index is -0.318. The average Bonchev–Trinajstić information content (AvgIpc) is 3.39. The van der Waals surface area contributed by atoms with E-state index in [1.165, 1.54) is 0 Å². The van der Waals surface area contributed by atoms with Crippen LogP contribution in [0.1, 0.15) is 52.4 Å². The van der Waals surface area contributed by atoms with Crippen molar-refractivity contribution in [2.75, 3.05) is 45.8 Å². The van der Waals surface area contributed by atoms with Crippen LogP contribution < -0.4 is 0 Å². The van der Waals surface area contributed by atoms with Crippen LogP contribution in [-0.4, -0.2) is 89.3 Å². The van der Waals surface area contributed by atoms with Crippen LogP contribution in [0.2, 0.25) is 0 Å². The van der Waals surface area contributed by atoms with Crippen LogP contribution in [0.15, 0.2) is 0 Å². The summed E-state index contributed by atoms with van der Waals surface area (Å²) in [6.45, 7) is 8.87. The number of hydrogen-bond acceptors (Lipinski definition) is 3. The molecule has 7 heteroatoms. The molecule has 3 saturated heterocycles. The molecule has 0 aromatic rings. The summed E-state index contributed by atoms with van der Waals surface area (Å²) in [7, 11) is 0. The Morgan fingerprint density at radius 3 is 2.15 bits per heavy atom. The van der Waals surface area contributed by atoms with E-state index in [0.29, 0.717) is 26.2 Å². The van der Waals surface area contributed by atoms with Crippen molar-refractivity contribution < 1.29 is 14.4 Å². The molecule has 0 bridgehead atoms. The first kappa shape index (κ1) is 20.0. The van der Waals surface area contributed by atoms with Crippen molar-refractivity contribution in [2.45, 2.75) is 58.4 Å². The van der Waals surface area contributed by atoms with E-state index >= 15 is 0 Å². The van der Waals surface area contributed by atoms with Gasteiger partial charge >= 0.3 is 6.03 Å². The summed E-state index contributed by atoms with van der Waals surface area (Å²) in [4.78, 5) is 46.1. The van der Waals surface area contributed by atoms with Gasteiger partial charge in [0.15, 0.2) is 0 Å². The number of amides is 4. The van der Waals surface area contributed by atoms with E-state index in [9.17, 15) is 14.4 Å². The molecule has 3 aliphatic heterocycles. The molecule has 3 fully saturated rings. The number of urea groups is 1. The van der Waals surface area contributed by atoms with Crippen molar-refractivity contribution in [3.8, 4) is 0 Å². The molecule has 2 atom stereocenters. The Kier molecular flexibility index (Phi) is 6.60. The lowest BCUT2D eigenvalue weighted by Crippen LogP contribution is -2.53. The smallest absolute Gasteiger partial charge is 0.320 e. The fraction of sp³-hybridized carbons (Fsp3) is 0.850. The number of hydrogen-bond donors (Lipinski definition) is 0. The first-order valence-corrected chi connectivity index (χ1v) is 10.7. The topological polar surface area (TPSA) is 64.2 Å². The number of rotatable bonds is 4. The number of nitrogens with zero attached hydrogens (tertiary/aromatic N) is 4. The number of likely N-dealkylation sites (N-methyl/N-ethyl adjacent to an activating group) is 1. The molecule has 27 heavy (non-hydrogen) atoms. The summed E-state index contributed by atoms with van der Waals surface area (Å²) in [5.41, 5.74) is 0. The SMILES string of the molecule is CCN(CC)C(=O)C1CCCN1C(=O)C1CCCN(C(=O)N2CCCC2)C1. The van der Waals surface area contributed by atoms with Crippen molar-refractivity contribution in [3.05, 3.63) is 0 Å². The Morgan fingerprint density at radius 1 is 0.852 bits per heavy atom. The van der Waals surface area contributed by atoms with Crippen LogP contribution in [0.25, 0.3) is 0 Å². The maximum Gasteiger partial charge on any atom is 0.320 e. The van der Waals surface area contributed by atoms with E-state index < -0.39 is 0 Å². The summed E-state index contributed by atoms with van der Waals surface area (Å²) < 4.78 is 0. The van der Waals surface area contributed by atoms with Crippen molar-refractivity contribution in [3.63, 3.8) is 0 Å². The second kappa shape index (κ2) is 8.93. The highest BCUT2D eigenvalue weighted by Gasteiger charge is 2.40. The first-order valence-electron chi connectivity index (χ1n) is 10.7. The molecular formula is C20H34N4O3. The number of likely N-dealkylation sites (tertiary alicyclic amines) is 3. The predicted molar refractivity (Wildman–Crippen MR) is 103 cm³/mol. The zero-order chi connectivity index (χ0) is 19.4. The van der Waals surface area contributed by atoms with Gasteiger partial charge in [0.2, 0.25) is 11.8 Å². The molecule has 3 heterocycles. The highest BCUT2D eigenvalue weighted by atomic mass is 16.2. The standard InChI is InChI=1S/C20H34N4O3/c1-3-21(4-2)19(26)17-10-8-14-24(17)18(25)16-9-7-13-23(15-16)20(27)22-11-5-6-12-22/h16-17H,3-15H2,1-2H3. The van der Waals surface area contributed by atoms with Crippen molar-refractivity contribution in [1.29, 1.82) is 0 Å². The molecular weight excluding hydrogens is 344 g/mol. The third-order valence-corrected chi connectivity index (χ3v) is 6.31. The van der Waals surface area contributed by atoms with E-state index in [1.807, 2.05) is 28.5 Å². The maximum atomic E-state index is 13.2. The molecule has 0 aliphatic carbocycles. The van der Waals surface area contributed by atoms with Crippen LogP contribution in [0.3, 0.4) is 0 Å². The van der Waals surface area contributed by atoms with Gasteiger partial charge in [-0.25, -0.2) is 4.79 Å². The summed E-state index contributed by atoms with van der Waals surface area (Å²) in [5, 5.41) is 0. The Balaban J connectivity index is 1.63. The molecule has 0 N–H and O–H groups in total. The van der Waals surface area contributed by atoms with Gasteiger partial charge in [-0.05, 0) is 52.4 Å². The van der Waals surface area contributed by atoms with Crippen molar-refractivity contribution in [2.24, 2.45) is 5.92 Å². The molecule has 152 valence electrons. The molecule has 7 nitrogen and oxygen atoms in total. The Bertz CT molecular complexity index is 557. The predicted octanol–water partition coefficient (Wildman–Crippen LogP) is 1.77. The summed E-state index contributed by atoms with van der Waals surface area (Å²) in [6, 6.07) is -0.232. The quantitative estimate of drug-likeness (QED) is 0.749. The number of piperidine rings is 1. The van der Waals surface area contributed by atoms with Crippen LogP contribution >= 0.6 is 0 Å². The van der Waals surface area contributed by atoms with Gasteiger partial charge in [0, 0.05) is 45.8 Å². The van der Waals surface area contributed by atoms with Gasteiger partial charge < -0.3 is 19.6 Å². The van der Waals surface area contributed by atoms with Gasteiger partial charge in [-0.1, -0.05) is 0 Å². The minimum Gasteiger partial charge on any atom is -0.341 e. The van der Waals surface area contributed by atoms with Crippen LogP contribution in [0.4, 0.5) is 4.79 Å². The van der Waals surface area contributed by atoms with Crippen LogP contribution in [0.5, 0.6) is 0 Å². The lowest BCUT2D eigenvalue weighted by molar-refractivity contribution is -0.146.